The minimum atomic E-state index is -0.221. The molecule has 3 rings (SSSR count). The van der Waals surface area contributed by atoms with Gasteiger partial charge in [0.2, 0.25) is 0 Å². The van der Waals surface area contributed by atoms with Crippen LogP contribution in [0.2, 0.25) is 0 Å². The molecule has 2 aromatic carbocycles. The van der Waals surface area contributed by atoms with Gasteiger partial charge in [-0.05, 0) is 48.7 Å². The third-order valence-electron chi connectivity index (χ3n) is 5.02. The van der Waals surface area contributed by atoms with Crippen LogP contribution in [0.25, 0.3) is 0 Å². The molecule has 0 saturated heterocycles. The first-order valence-electron chi connectivity index (χ1n) is 9.60. The first kappa shape index (κ1) is 22.2. The number of rotatable bonds is 6. The smallest absolute Gasteiger partial charge is 0.124 e. The van der Waals surface area contributed by atoms with Crippen molar-refractivity contribution in [2.45, 2.75) is 64.1 Å². The topological polar surface area (TPSA) is 21.3 Å². The molecule has 0 bridgehead atoms. The van der Waals surface area contributed by atoms with Gasteiger partial charge in [-0.2, -0.15) is 0 Å². The molecule has 1 aliphatic carbocycles. The maximum absolute atomic E-state index is 13.0. The second-order valence-corrected chi connectivity index (χ2v) is 8.01. The van der Waals surface area contributed by atoms with Crippen LogP contribution in [0.4, 0.5) is 4.39 Å². The molecule has 27 heavy (non-hydrogen) atoms. The summed E-state index contributed by atoms with van der Waals surface area (Å²) in [5, 5.41) is 3.73. The maximum atomic E-state index is 13.0. The molecule has 0 atom stereocenters. The van der Waals surface area contributed by atoms with Gasteiger partial charge in [0.15, 0.2) is 0 Å². The van der Waals surface area contributed by atoms with Gasteiger partial charge in [0.05, 0.1) is 0 Å². The molecule has 1 aliphatic rings. The molecule has 1 N–H and O–H groups in total. The lowest BCUT2D eigenvalue weighted by atomic mass is 9.96. The Hall–Kier alpha value is -1.10. The molecule has 148 valence electrons. The average molecular weight is 457 g/mol. The molecule has 0 amide bonds. The Morgan fingerprint density at radius 2 is 1.63 bits per heavy atom. The Balaban J connectivity index is 0.00000261. The molecule has 0 spiro atoms. The highest BCUT2D eigenvalue weighted by atomic mass is 79.9. The van der Waals surface area contributed by atoms with Gasteiger partial charge in [0, 0.05) is 22.6 Å². The van der Waals surface area contributed by atoms with E-state index in [1.807, 2.05) is 12.1 Å². The summed E-state index contributed by atoms with van der Waals surface area (Å²) in [5.74, 6) is 0.664. The van der Waals surface area contributed by atoms with E-state index in [-0.39, 0.29) is 18.2 Å². The summed E-state index contributed by atoms with van der Waals surface area (Å²) in [6.45, 7) is 1.25. The lowest BCUT2D eigenvalue weighted by molar-refractivity contribution is 0.300. The highest BCUT2D eigenvalue weighted by Gasteiger charge is 2.12. The van der Waals surface area contributed by atoms with Crippen molar-refractivity contribution in [3.8, 4) is 5.75 Å². The fourth-order valence-corrected chi connectivity index (χ4v) is 3.89. The van der Waals surface area contributed by atoms with Gasteiger partial charge in [-0.3, -0.25) is 0 Å². The van der Waals surface area contributed by atoms with E-state index in [1.54, 1.807) is 12.1 Å². The quantitative estimate of drug-likeness (QED) is 0.516. The molecule has 1 saturated carbocycles. The Kier molecular flexibility index (Phi) is 9.60. The fourth-order valence-electron chi connectivity index (χ4n) is 3.48. The minimum absolute atomic E-state index is 0. The number of halogens is 3. The van der Waals surface area contributed by atoms with Gasteiger partial charge in [-0.15, -0.1) is 12.4 Å². The zero-order valence-electron chi connectivity index (χ0n) is 15.6. The Labute approximate surface area is 176 Å². The second-order valence-electron chi connectivity index (χ2n) is 7.09. The summed E-state index contributed by atoms with van der Waals surface area (Å²) in [6, 6.07) is 13.2. The summed E-state index contributed by atoms with van der Waals surface area (Å²) in [4.78, 5) is 0. The lowest BCUT2D eigenvalue weighted by Crippen LogP contribution is -2.29. The first-order chi connectivity index (χ1) is 12.7. The third-order valence-corrected chi connectivity index (χ3v) is 5.51. The summed E-state index contributed by atoms with van der Waals surface area (Å²) in [6.07, 6.45) is 9.29. The highest BCUT2D eigenvalue weighted by molar-refractivity contribution is 9.10. The van der Waals surface area contributed by atoms with Crippen LogP contribution in [-0.4, -0.2) is 6.04 Å². The second kappa shape index (κ2) is 11.7. The van der Waals surface area contributed by atoms with Gasteiger partial charge in [-0.25, -0.2) is 4.39 Å². The van der Waals surface area contributed by atoms with Crippen LogP contribution < -0.4 is 10.1 Å². The van der Waals surface area contributed by atoms with E-state index < -0.39 is 0 Å². The summed E-state index contributed by atoms with van der Waals surface area (Å²) in [7, 11) is 0. The molecular weight excluding hydrogens is 429 g/mol. The lowest BCUT2D eigenvalue weighted by Gasteiger charge is -2.22. The van der Waals surface area contributed by atoms with Gasteiger partial charge < -0.3 is 10.1 Å². The predicted octanol–water partition coefficient (Wildman–Crippen LogP) is 6.79. The predicted molar refractivity (Wildman–Crippen MR) is 115 cm³/mol. The van der Waals surface area contributed by atoms with E-state index in [9.17, 15) is 4.39 Å². The normalized spacial score (nSPS) is 15.5. The molecule has 0 aliphatic heterocycles. The number of hydrogen-bond acceptors (Lipinski definition) is 2. The molecule has 0 radical (unpaired) electrons. The summed E-state index contributed by atoms with van der Waals surface area (Å²) in [5.41, 5.74) is 2.12. The number of ether oxygens (including phenoxy) is 1. The third kappa shape index (κ3) is 7.44. The SMILES string of the molecule is Cl.Fc1ccc(COc2ccc(Br)cc2CNC2CCCCCCC2)cc1. The van der Waals surface area contributed by atoms with Crippen molar-refractivity contribution < 1.29 is 9.13 Å². The van der Waals surface area contributed by atoms with Crippen LogP contribution in [-0.2, 0) is 13.2 Å². The molecule has 0 unspecified atom stereocenters. The van der Waals surface area contributed by atoms with Crippen LogP contribution in [0, 0.1) is 5.82 Å². The van der Waals surface area contributed by atoms with Crippen LogP contribution in [0.15, 0.2) is 46.9 Å². The number of nitrogens with one attached hydrogen (secondary N) is 1. The van der Waals surface area contributed by atoms with Crippen molar-refractivity contribution in [3.63, 3.8) is 0 Å². The number of benzene rings is 2. The van der Waals surface area contributed by atoms with Crippen LogP contribution in [0.1, 0.15) is 56.1 Å². The van der Waals surface area contributed by atoms with Gasteiger partial charge >= 0.3 is 0 Å². The zero-order chi connectivity index (χ0) is 18.2. The van der Waals surface area contributed by atoms with Crippen molar-refractivity contribution in [2.75, 3.05) is 0 Å². The van der Waals surface area contributed by atoms with Crippen molar-refractivity contribution in [1.82, 2.24) is 5.32 Å². The van der Waals surface area contributed by atoms with E-state index in [4.69, 9.17) is 4.74 Å². The van der Waals surface area contributed by atoms with Crippen molar-refractivity contribution in [3.05, 3.63) is 63.9 Å². The Morgan fingerprint density at radius 3 is 2.33 bits per heavy atom. The number of hydrogen-bond donors (Lipinski definition) is 1. The molecule has 5 heteroatoms. The monoisotopic (exact) mass is 455 g/mol. The maximum Gasteiger partial charge on any atom is 0.124 e. The molecular formula is C22H28BrClFNO. The highest BCUT2D eigenvalue weighted by Crippen LogP contribution is 2.25. The first-order valence-corrected chi connectivity index (χ1v) is 10.4. The summed E-state index contributed by atoms with van der Waals surface area (Å²) < 4.78 is 20.1. The molecule has 0 heterocycles. The minimum Gasteiger partial charge on any atom is -0.489 e. The van der Waals surface area contributed by atoms with E-state index in [0.717, 1.165) is 27.9 Å². The van der Waals surface area contributed by atoms with Crippen molar-refractivity contribution in [1.29, 1.82) is 0 Å². The average Bonchev–Trinajstić information content (AvgIpc) is 2.61. The molecule has 0 aromatic heterocycles. The van der Waals surface area contributed by atoms with Crippen molar-refractivity contribution in [2.24, 2.45) is 0 Å². The molecule has 1 fully saturated rings. The van der Waals surface area contributed by atoms with E-state index in [0.29, 0.717) is 12.6 Å². The standard InChI is InChI=1S/C22H27BrFNO.ClH/c23-19-10-13-22(26-16-17-8-11-20(24)12-9-17)18(14-19)15-25-21-6-4-2-1-3-5-7-21;/h8-14,21,25H,1-7,15-16H2;1H. The van der Waals surface area contributed by atoms with Crippen LogP contribution in [0.3, 0.4) is 0 Å². The van der Waals surface area contributed by atoms with Gasteiger partial charge in [0.25, 0.3) is 0 Å². The Morgan fingerprint density at radius 1 is 0.963 bits per heavy atom. The molecule has 2 nitrogen and oxygen atoms in total. The molecule has 2 aromatic rings. The van der Waals surface area contributed by atoms with E-state index in [1.165, 1.54) is 57.1 Å². The largest absolute Gasteiger partial charge is 0.489 e. The zero-order valence-corrected chi connectivity index (χ0v) is 18.0. The Bertz CT molecular complexity index is 687. The summed E-state index contributed by atoms with van der Waals surface area (Å²) >= 11 is 3.56. The van der Waals surface area contributed by atoms with Crippen molar-refractivity contribution >= 4 is 28.3 Å². The van der Waals surface area contributed by atoms with Crippen LogP contribution >= 0.6 is 28.3 Å². The van der Waals surface area contributed by atoms with E-state index in [2.05, 4.69) is 27.3 Å². The van der Waals surface area contributed by atoms with Gasteiger partial charge in [-0.1, -0.05) is 60.2 Å². The van der Waals surface area contributed by atoms with Crippen LogP contribution in [0.5, 0.6) is 5.75 Å². The van der Waals surface area contributed by atoms with E-state index >= 15 is 0 Å². The van der Waals surface area contributed by atoms with Gasteiger partial charge in [0.1, 0.15) is 18.2 Å². The fraction of sp³-hybridized carbons (Fsp3) is 0.455.